The molecule has 0 bridgehead atoms. The number of hydrogen-bond acceptors (Lipinski definition) is 4. The van der Waals surface area contributed by atoms with Gasteiger partial charge in [-0.25, -0.2) is 0 Å². The molecule has 0 aliphatic carbocycles. The van der Waals surface area contributed by atoms with Crippen molar-refractivity contribution in [3.05, 3.63) is 71.8 Å². The van der Waals surface area contributed by atoms with E-state index >= 15 is 0 Å². The van der Waals surface area contributed by atoms with E-state index in [1.165, 1.54) is 11.1 Å². The van der Waals surface area contributed by atoms with Crippen LogP contribution in [0.1, 0.15) is 25.0 Å². The van der Waals surface area contributed by atoms with Gasteiger partial charge in [0.25, 0.3) is 0 Å². The third-order valence-electron chi connectivity index (χ3n) is 4.33. The average molecular weight is 449 g/mol. The van der Waals surface area contributed by atoms with Crippen molar-refractivity contribution in [2.75, 3.05) is 26.2 Å². The van der Waals surface area contributed by atoms with Gasteiger partial charge in [0.15, 0.2) is 0 Å². The summed E-state index contributed by atoms with van der Waals surface area (Å²) in [4.78, 5) is 4.55. The first kappa shape index (κ1) is 23.2. The van der Waals surface area contributed by atoms with Crippen molar-refractivity contribution in [3.63, 3.8) is 0 Å². The fourth-order valence-electron chi connectivity index (χ4n) is 2.62. The third-order valence-corrected chi connectivity index (χ3v) is 7.52. The maximum Gasteiger partial charge on any atom is 0.136 e. The zero-order chi connectivity index (χ0) is 20.2. The minimum Gasteiger partial charge on any atom is -0.356 e. The van der Waals surface area contributed by atoms with Gasteiger partial charge in [-0.2, -0.15) is 0 Å². The summed E-state index contributed by atoms with van der Waals surface area (Å²) >= 11 is 14.8. The molecule has 0 radical (unpaired) electrons. The molecule has 2 aromatic carbocycles. The van der Waals surface area contributed by atoms with Crippen molar-refractivity contribution in [2.24, 2.45) is 0 Å². The number of thioether (sulfide) groups is 2. The van der Waals surface area contributed by atoms with Crippen molar-refractivity contribution in [3.8, 4) is 0 Å². The molecule has 0 unspecified atom stereocenters. The first-order valence-electron chi connectivity index (χ1n) is 9.55. The molecule has 0 aliphatic heterocycles. The van der Waals surface area contributed by atoms with E-state index in [2.05, 4.69) is 72.2 Å². The average Bonchev–Trinajstić information content (AvgIpc) is 2.75. The second-order valence-electron chi connectivity index (χ2n) is 6.24. The highest BCUT2D eigenvalue weighted by molar-refractivity contribution is 8.22. The van der Waals surface area contributed by atoms with Crippen LogP contribution < -0.4 is 0 Å². The molecule has 150 valence electrons. The van der Waals surface area contributed by atoms with Gasteiger partial charge in [-0.1, -0.05) is 109 Å². The minimum absolute atomic E-state index is 0.900. The monoisotopic (exact) mass is 448 g/mol. The summed E-state index contributed by atoms with van der Waals surface area (Å²) in [6.07, 6.45) is 0. The lowest BCUT2D eigenvalue weighted by Gasteiger charge is -2.29. The smallest absolute Gasteiger partial charge is 0.136 e. The summed E-state index contributed by atoms with van der Waals surface area (Å²) in [6.45, 7) is 7.96. The van der Waals surface area contributed by atoms with Gasteiger partial charge in [-0.15, -0.1) is 0 Å². The lowest BCUT2D eigenvalue weighted by molar-refractivity contribution is 0.369. The van der Waals surface area contributed by atoms with Crippen LogP contribution in [0.3, 0.4) is 0 Å². The Morgan fingerprint density at radius 3 is 1.36 bits per heavy atom. The van der Waals surface area contributed by atoms with E-state index in [0.717, 1.165) is 46.3 Å². The van der Waals surface area contributed by atoms with E-state index in [1.807, 2.05) is 12.1 Å². The van der Waals surface area contributed by atoms with Crippen molar-refractivity contribution in [2.45, 2.75) is 25.4 Å². The fourth-order valence-corrected chi connectivity index (χ4v) is 5.19. The highest BCUT2D eigenvalue weighted by Crippen LogP contribution is 2.18. The minimum atomic E-state index is 0.900. The molecule has 0 saturated heterocycles. The third kappa shape index (κ3) is 8.11. The van der Waals surface area contributed by atoms with Gasteiger partial charge in [0, 0.05) is 37.7 Å². The van der Waals surface area contributed by atoms with Gasteiger partial charge in [-0.3, -0.25) is 0 Å². The molecular weight excluding hydrogens is 421 g/mol. The number of rotatable bonds is 9. The van der Waals surface area contributed by atoms with Gasteiger partial charge < -0.3 is 9.80 Å². The Morgan fingerprint density at radius 2 is 1.04 bits per heavy atom. The quantitative estimate of drug-likeness (QED) is 0.427. The predicted molar refractivity (Wildman–Crippen MR) is 135 cm³/mol. The van der Waals surface area contributed by atoms with E-state index in [4.69, 9.17) is 24.4 Å². The van der Waals surface area contributed by atoms with Crippen LogP contribution in [0.2, 0.25) is 0 Å². The number of hydrogen-bond donors (Lipinski definition) is 0. The van der Waals surface area contributed by atoms with E-state index in [0.29, 0.717) is 0 Å². The largest absolute Gasteiger partial charge is 0.356 e. The molecule has 0 amide bonds. The molecule has 0 N–H and O–H groups in total. The summed E-state index contributed by atoms with van der Waals surface area (Å²) in [5, 5.41) is 0. The Balaban J connectivity index is 1.78. The molecule has 2 nitrogen and oxygen atoms in total. The van der Waals surface area contributed by atoms with Crippen molar-refractivity contribution in [1.29, 1.82) is 0 Å². The van der Waals surface area contributed by atoms with E-state index < -0.39 is 0 Å². The first-order valence-corrected chi connectivity index (χ1v) is 12.3. The van der Waals surface area contributed by atoms with E-state index in [1.54, 1.807) is 23.5 Å². The van der Waals surface area contributed by atoms with Crippen LogP contribution >= 0.6 is 48.0 Å². The molecule has 6 heteroatoms. The molecule has 0 atom stereocenters. The Labute approximate surface area is 189 Å². The maximum atomic E-state index is 5.68. The van der Waals surface area contributed by atoms with Gasteiger partial charge in [0.05, 0.1) is 0 Å². The van der Waals surface area contributed by atoms with Crippen molar-refractivity contribution < 1.29 is 0 Å². The Hall–Kier alpha value is -1.08. The molecule has 2 aromatic rings. The second-order valence-corrected chi connectivity index (χ2v) is 9.46. The lowest BCUT2D eigenvalue weighted by atomic mass is 10.2. The van der Waals surface area contributed by atoms with Gasteiger partial charge in [0.1, 0.15) is 8.64 Å². The van der Waals surface area contributed by atoms with Crippen molar-refractivity contribution >= 4 is 56.6 Å². The zero-order valence-corrected chi connectivity index (χ0v) is 19.8. The Morgan fingerprint density at radius 1 is 0.679 bits per heavy atom. The predicted octanol–water partition coefficient (Wildman–Crippen LogP) is 6.07. The molecule has 0 aromatic heterocycles. The molecule has 0 fully saturated rings. The number of benzene rings is 2. The van der Waals surface area contributed by atoms with Crippen LogP contribution in [-0.4, -0.2) is 44.6 Å². The lowest BCUT2D eigenvalue weighted by Crippen LogP contribution is -2.38. The molecule has 0 aliphatic rings. The van der Waals surface area contributed by atoms with Gasteiger partial charge in [0.2, 0.25) is 0 Å². The Kier molecular flexibility index (Phi) is 10.9. The topological polar surface area (TPSA) is 6.48 Å². The van der Waals surface area contributed by atoms with Crippen LogP contribution in [0.4, 0.5) is 0 Å². The number of likely N-dealkylation sites (N-methyl/N-ethyl adjacent to an activating group) is 2. The van der Waals surface area contributed by atoms with E-state index in [-0.39, 0.29) is 0 Å². The summed E-state index contributed by atoms with van der Waals surface area (Å²) in [7, 11) is 0. The fraction of sp³-hybridized carbons (Fsp3) is 0.364. The summed E-state index contributed by atoms with van der Waals surface area (Å²) < 4.78 is 1.93. The summed E-state index contributed by atoms with van der Waals surface area (Å²) in [6, 6.07) is 21.0. The Bertz CT molecular complexity index is 658. The zero-order valence-electron chi connectivity index (χ0n) is 16.5. The van der Waals surface area contributed by atoms with Gasteiger partial charge in [-0.05, 0) is 25.0 Å². The number of nitrogens with zero attached hydrogens (tertiary/aromatic N) is 2. The highest BCUT2D eigenvalue weighted by atomic mass is 32.2. The number of thiocarbonyl (C=S) groups is 2. The van der Waals surface area contributed by atoms with Crippen LogP contribution in [0.5, 0.6) is 0 Å². The molecule has 0 spiro atoms. The van der Waals surface area contributed by atoms with Crippen molar-refractivity contribution in [1.82, 2.24) is 9.80 Å². The van der Waals surface area contributed by atoms with Crippen LogP contribution in [0.15, 0.2) is 60.7 Å². The maximum absolute atomic E-state index is 5.68. The SMILES string of the molecule is CCN(CCN(CC)C(=S)SCc1ccccc1)C(=S)SCc1ccccc1. The summed E-state index contributed by atoms with van der Waals surface area (Å²) in [5.41, 5.74) is 2.61. The normalized spacial score (nSPS) is 10.5. The summed E-state index contributed by atoms with van der Waals surface area (Å²) in [5.74, 6) is 1.83. The first-order chi connectivity index (χ1) is 13.6. The molecule has 0 heterocycles. The van der Waals surface area contributed by atoms with Crippen LogP contribution in [0, 0.1) is 0 Å². The molecular formula is C22H28N2S4. The second kappa shape index (κ2) is 13.2. The highest BCUT2D eigenvalue weighted by Gasteiger charge is 2.13. The molecule has 0 saturated carbocycles. The van der Waals surface area contributed by atoms with Gasteiger partial charge >= 0.3 is 0 Å². The molecule has 28 heavy (non-hydrogen) atoms. The standard InChI is InChI=1S/C22H28N2S4/c1-3-23(21(25)27-17-19-11-7-5-8-12-19)15-16-24(4-2)22(26)28-18-20-13-9-6-10-14-20/h5-14H,3-4,15-18H2,1-2H3. The molecule has 2 rings (SSSR count). The van der Waals surface area contributed by atoms with Crippen LogP contribution in [-0.2, 0) is 11.5 Å². The van der Waals surface area contributed by atoms with E-state index in [9.17, 15) is 0 Å². The van der Waals surface area contributed by atoms with Crippen LogP contribution in [0.25, 0.3) is 0 Å².